The molecule has 78 valence electrons. The summed E-state index contributed by atoms with van der Waals surface area (Å²) in [5.74, 6) is -1.25. The molecule has 1 atom stereocenters. The third-order valence-corrected chi connectivity index (χ3v) is 1.62. The van der Waals surface area contributed by atoms with Crippen LogP contribution in [-0.4, -0.2) is 16.3 Å². The summed E-state index contributed by atoms with van der Waals surface area (Å²) < 4.78 is 48.6. The number of rotatable bonds is 1. The molecule has 1 rings (SSSR count). The molecule has 0 aliphatic heterocycles. The number of aliphatic hydroxyl groups is 1. The molecule has 0 bridgehead atoms. The average molecular weight is 230 g/mol. The predicted octanol–water partition coefficient (Wildman–Crippen LogP) is 2.47. The van der Waals surface area contributed by atoms with Crippen LogP contribution in [0.15, 0.2) is 12.1 Å². The normalized spacial score (nSPS) is 14.1. The highest BCUT2D eigenvalue weighted by Crippen LogP contribution is 2.32. The molecular formula is C7H4ClF4NO. The molecule has 0 fully saturated rings. The van der Waals surface area contributed by atoms with Crippen LogP contribution in [-0.2, 0) is 0 Å². The van der Waals surface area contributed by atoms with E-state index in [0.29, 0.717) is 6.07 Å². The van der Waals surface area contributed by atoms with Crippen LogP contribution in [0, 0.1) is 5.82 Å². The Bertz CT molecular complexity index is 341. The molecule has 7 heteroatoms. The molecule has 1 aromatic heterocycles. The number of aromatic nitrogens is 1. The third-order valence-electron chi connectivity index (χ3n) is 1.41. The van der Waals surface area contributed by atoms with E-state index in [2.05, 4.69) is 4.98 Å². The lowest BCUT2D eigenvalue weighted by molar-refractivity contribution is -0.208. The van der Waals surface area contributed by atoms with E-state index in [1.165, 1.54) is 0 Å². The van der Waals surface area contributed by atoms with Gasteiger partial charge in [-0.1, -0.05) is 11.6 Å². The van der Waals surface area contributed by atoms with Crippen molar-refractivity contribution in [2.75, 3.05) is 0 Å². The minimum atomic E-state index is -4.96. The fourth-order valence-corrected chi connectivity index (χ4v) is 0.934. The van der Waals surface area contributed by atoms with Crippen molar-refractivity contribution in [3.05, 3.63) is 28.8 Å². The molecule has 0 aliphatic rings. The van der Waals surface area contributed by atoms with Gasteiger partial charge in [-0.05, 0) is 12.1 Å². The average Bonchev–Trinajstić information content (AvgIpc) is 2.06. The summed E-state index contributed by atoms with van der Waals surface area (Å²) in [6, 6.07) is 1.70. The number of halogens is 5. The standard InChI is InChI=1S/C7H4ClF4NO/c8-4-2-1-3(9)5(13-4)6(14)7(10,11)12/h1-2,6,14H. The molecule has 1 unspecified atom stereocenters. The van der Waals surface area contributed by atoms with Gasteiger partial charge >= 0.3 is 6.18 Å². The number of hydrogen-bond donors (Lipinski definition) is 1. The second-order valence-corrected chi connectivity index (χ2v) is 2.83. The van der Waals surface area contributed by atoms with Crippen molar-refractivity contribution >= 4 is 11.6 Å². The SMILES string of the molecule is OC(c1nc(Cl)ccc1F)C(F)(F)F. The third kappa shape index (κ3) is 2.33. The molecule has 0 spiro atoms. The zero-order chi connectivity index (χ0) is 10.9. The Kier molecular flexibility index (Phi) is 2.96. The van der Waals surface area contributed by atoms with Gasteiger partial charge in [-0.15, -0.1) is 0 Å². The Balaban J connectivity index is 3.12. The van der Waals surface area contributed by atoms with Gasteiger partial charge in [0.15, 0.2) is 6.10 Å². The largest absolute Gasteiger partial charge is 0.420 e. The minimum Gasteiger partial charge on any atom is -0.378 e. The van der Waals surface area contributed by atoms with E-state index in [9.17, 15) is 17.6 Å². The predicted molar refractivity (Wildman–Crippen MR) is 40.2 cm³/mol. The Morgan fingerprint density at radius 3 is 2.43 bits per heavy atom. The highest BCUT2D eigenvalue weighted by molar-refractivity contribution is 6.29. The maximum atomic E-state index is 12.8. The zero-order valence-corrected chi connectivity index (χ0v) is 7.27. The van der Waals surface area contributed by atoms with Crippen molar-refractivity contribution < 1.29 is 22.7 Å². The molecule has 0 aromatic carbocycles. The summed E-state index contributed by atoms with van der Waals surface area (Å²) >= 11 is 5.25. The first-order chi connectivity index (χ1) is 6.32. The van der Waals surface area contributed by atoms with Crippen LogP contribution in [0.3, 0.4) is 0 Å². The lowest BCUT2D eigenvalue weighted by atomic mass is 10.2. The number of alkyl halides is 3. The van der Waals surface area contributed by atoms with Crippen molar-refractivity contribution in [3.63, 3.8) is 0 Å². The van der Waals surface area contributed by atoms with Crippen molar-refractivity contribution in [2.24, 2.45) is 0 Å². The van der Waals surface area contributed by atoms with E-state index in [4.69, 9.17) is 16.7 Å². The first-order valence-corrected chi connectivity index (χ1v) is 3.77. The quantitative estimate of drug-likeness (QED) is 0.593. The zero-order valence-electron chi connectivity index (χ0n) is 6.52. The van der Waals surface area contributed by atoms with Gasteiger partial charge in [0.2, 0.25) is 0 Å². The van der Waals surface area contributed by atoms with E-state index in [0.717, 1.165) is 6.07 Å². The molecule has 2 nitrogen and oxygen atoms in total. The molecular weight excluding hydrogens is 226 g/mol. The summed E-state index contributed by atoms with van der Waals surface area (Å²) in [5.41, 5.74) is -1.12. The maximum absolute atomic E-state index is 12.8. The monoisotopic (exact) mass is 229 g/mol. The summed E-state index contributed by atoms with van der Waals surface area (Å²) in [5, 5.41) is 8.36. The van der Waals surface area contributed by atoms with Crippen LogP contribution in [0.1, 0.15) is 11.8 Å². The Hall–Kier alpha value is -0.880. The Morgan fingerprint density at radius 1 is 1.36 bits per heavy atom. The van der Waals surface area contributed by atoms with Crippen LogP contribution in [0.2, 0.25) is 5.15 Å². The van der Waals surface area contributed by atoms with Gasteiger partial charge in [0.05, 0.1) is 0 Å². The van der Waals surface area contributed by atoms with Crippen LogP contribution in [0.25, 0.3) is 0 Å². The molecule has 1 N–H and O–H groups in total. The topological polar surface area (TPSA) is 33.1 Å². The molecule has 0 radical (unpaired) electrons. The second-order valence-electron chi connectivity index (χ2n) is 2.45. The van der Waals surface area contributed by atoms with Crippen LogP contribution < -0.4 is 0 Å². The second kappa shape index (κ2) is 3.70. The lowest BCUT2D eigenvalue weighted by Gasteiger charge is -2.14. The molecule has 0 saturated heterocycles. The maximum Gasteiger partial charge on any atom is 0.420 e. The van der Waals surface area contributed by atoms with E-state index < -0.39 is 23.8 Å². The van der Waals surface area contributed by atoms with E-state index >= 15 is 0 Å². The fourth-order valence-electron chi connectivity index (χ4n) is 0.780. The Labute approximate surface area is 81.1 Å². The summed E-state index contributed by atoms with van der Waals surface area (Å²) in [4.78, 5) is 3.06. The smallest absolute Gasteiger partial charge is 0.378 e. The molecule has 0 amide bonds. The minimum absolute atomic E-state index is 0.315. The van der Waals surface area contributed by atoms with Gasteiger partial charge in [-0.2, -0.15) is 13.2 Å². The summed E-state index contributed by atoms with van der Waals surface area (Å²) in [6.45, 7) is 0. The van der Waals surface area contributed by atoms with E-state index in [1.807, 2.05) is 0 Å². The van der Waals surface area contributed by atoms with Gasteiger partial charge in [0.25, 0.3) is 0 Å². The molecule has 1 heterocycles. The van der Waals surface area contributed by atoms with Gasteiger partial charge in [0, 0.05) is 0 Å². The first-order valence-electron chi connectivity index (χ1n) is 3.39. The number of aliphatic hydroxyl groups excluding tert-OH is 1. The summed E-state index contributed by atoms with van der Waals surface area (Å²) in [6.07, 6.45) is -7.92. The Morgan fingerprint density at radius 2 is 1.93 bits per heavy atom. The number of nitrogens with zero attached hydrogens (tertiary/aromatic N) is 1. The highest BCUT2D eigenvalue weighted by Gasteiger charge is 2.42. The van der Waals surface area contributed by atoms with Gasteiger partial charge in [-0.3, -0.25) is 0 Å². The molecule has 1 aromatic rings. The summed E-state index contributed by atoms with van der Waals surface area (Å²) in [7, 11) is 0. The lowest BCUT2D eigenvalue weighted by Crippen LogP contribution is -2.22. The molecule has 0 aliphatic carbocycles. The van der Waals surface area contributed by atoms with Gasteiger partial charge < -0.3 is 5.11 Å². The highest BCUT2D eigenvalue weighted by atomic mass is 35.5. The molecule has 0 saturated carbocycles. The fraction of sp³-hybridized carbons (Fsp3) is 0.286. The first kappa shape index (κ1) is 11.2. The van der Waals surface area contributed by atoms with Crippen molar-refractivity contribution in [3.8, 4) is 0 Å². The van der Waals surface area contributed by atoms with E-state index in [-0.39, 0.29) is 5.15 Å². The van der Waals surface area contributed by atoms with Gasteiger partial charge in [0.1, 0.15) is 16.7 Å². The molecule has 14 heavy (non-hydrogen) atoms. The van der Waals surface area contributed by atoms with Crippen molar-refractivity contribution in [1.82, 2.24) is 4.98 Å². The van der Waals surface area contributed by atoms with Crippen molar-refractivity contribution in [2.45, 2.75) is 12.3 Å². The number of pyridine rings is 1. The van der Waals surface area contributed by atoms with Crippen LogP contribution in [0.5, 0.6) is 0 Å². The van der Waals surface area contributed by atoms with E-state index in [1.54, 1.807) is 0 Å². The van der Waals surface area contributed by atoms with Crippen LogP contribution in [0.4, 0.5) is 17.6 Å². The van der Waals surface area contributed by atoms with Crippen LogP contribution >= 0.6 is 11.6 Å². The van der Waals surface area contributed by atoms with Crippen molar-refractivity contribution in [1.29, 1.82) is 0 Å². The number of hydrogen-bond acceptors (Lipinski definition) is 2. The van der Waals surface area contributed by atoms with Gasteiger partial charge in [-0.25, -0.2) is 9.37 Å².